The zero-order valence-corrected chi connectivity index (χ0v) is 15.2. The Bertz CT molecular complexity index is 962. The molecule has 2 aromatic carbocycles. The van der Waals surface area contributed by atoms with Crippen LogP contribution in [0.15, 0.2) is 47.8 Å². The summed E-state index contributed by atoms with van der Waals surface area (Å²) < 4.78 is 5.16. The summed E-state index contributed by atoms with van der Waals surface area (Å²) in [6.45, 7) is 4.16. The van der Waals surface area contributed by atoms with Crippen molar-refractivity contribution in [3.63, 3.8) is 0 Å². The molecule has 0 aliphatic carbocycles. The number of thiazole rings is 1. The molecule has 0 amide bonds. The Labute approximate surface area is 151 Å². The highest BCUT2D eigenvalue weighted by molar-refractivity contribution is 7.11. The molecule has 0 unspecified atom stereocenters. The Kier molecular flexibility index (Phi) is 4.97. The van der Waals surface area contributed by atoms with Crippen molar-refractivity contribution in [3.8, 4) is 23.1 Å². The molecule has 3 nitrogen and oxygen atoms in total. The predicted molar refractivity (Wildman–Crippen MR) is 104 cm³/mol. The van der Waals surface area contributed by atoms with Gasteiger partial charge in [-0.25, -0.2) is 4.98 Å². The van der Waals surface area contributed by atoms with E-state index in [0.29, 0.717) is 5.57 Å². The number of methoxy groups -OCH3 is 1. The van der Waals surface area contributed by atoms with Gasteiger partial charge in [-0.1, -0.05) is 35.9 Å². The molecule has 0 atom stereocenters. The number of nitrogens with zero attached hydrogens (tertiary/aromatic N) is 2. The lowest BCUT2D eigenvalue weighted by atomic mass is 10.0. The summed E-state index contributed by atoms with van der Waals surface area (Å²) in [6, 6.07) is 16.2. The van der Waals surface area contributed by atoms with E-state index in [0.717, 1.165) is 27.6 Å². The molecule has 124 valence electrons. The van der Waals surface area contributed by atoms with Crippen LogP contribution in [0.1, 0.15) is 21.7 Å². The van der Waals surface area contributed by atoms with Gasteiger partial charge in [-0.15, -0.1) is 11.3 Å². The van der Waals surface area contributed by atoms with E-state index in [1.54, 1.807) is 7.11 Å². The maximum atomic E-state index is 9.54. The minimum Gasteiger partial charge on any atom is -0.497 e. The Morgan fingerprint density at radius 1 is 1.16 bits per heavy atom. The van der Waals surface area contributed by atoms with Crippen LogP contribution in [0.5, 0.6) is 5.75 Å². The molecule has 1 aromatic heterocycles. The number of rotatable bonds is 4. The van der Waals surface area contributed by atoms with Crippen LogP contribution in [-0.2, 0) is 0 Å². The zero-order chi connectivity index (χ0) is 17.8. The lowest BCUT2D eigenvalue weighted by molar-refractivity contribution is 0.415. The Morgan fingerprint density at radius 3 is 2.56 bits per heavy atom. The number of nitriles is 1. The Hall–Kier alpha value is -2.90. The summed E-state index contributed by atoms with van der Waals surface area (Å²) in [5.41, 5.74) is 5.94. The van der Waals surface area contributed by atoms with Gasteiger partial charge in [0.15, 0.2) is 0 Å². The SMILES string of the molecule is COc1ccc(/C=C(\C#N)c2nc(-c3ccc(C)cc3C)cs2)cc1. The van der Waals surface area contributed by atoms with E-state index in [1.807, 2.05) is 35.7 Å². The number of benzene rings is 2. The average molecular weight is 346 g/mol. The summed E-state index contributed by atoms with van der Waals surface area (Å²) >= 11 is 1.49. The van der Waals surface area contributed by atoms with Crippen LogP contribution >= 0.6 is 11.3 Å². The van der Waals surface area contributed by atoms with Crippen LogP contribution in [0.2, 0.25) is 0 Å². The fourth-order valence-electron chi connectivity index (χ4n) is 2.63. The third kappa shape index (κ3) is 3.78. The van der Waals surface area contributed by atoms with E-state index < -0.39 is 0 Å². The highest BCUT2D eigenvalue weighted by Gasteiger charge is 2.11. The quantitative estimate of drug-likeness (QED) is 0.586. The van der Waals surface area contributed by atoms with Crippen molar-refractivity contribution in [2.45, 2.75) is 13.8 Å². The molecule has 4 heteroatoms. The van der Waals surface area contributed by atoms with Crippen LogP contribution in [0.4, 0.5) is 0 Å². The third-order valence-electron chi connectivity index (χ3n) is 3.94. The van der Waals surface area contributed by atoms with Crippen molar-refractivity contribution in [1.29, 1.82) is 5.26 Å². The van der Waals surface area contributed by atoms with E-state index in [2.05, 4.69) is 43.1 Å². The molecule has 0 aliphatic rings. The van der Waals surface area contributed by atoms with Gasteiger partial charge >= 0.3 is 0 Å². The average Bonchev–Trinajstić information content (AvgIpc) is 3.09. The van der Waals surface area contributed by atoms with Crippen molar-refractivity contribution < 1.29 is 4.74 Å². The number of aromatic nitrogens is 1. The minimum absolute atomic E-state index is 0.561. The van der Waals surface area contributed by atoms with Gasteiger partial charge < -0.3 is 4.74 Å². The van der Waals surface area contributed by atoms with Gasteiger partial charge in [0.2, 0.25) is 0 Å². The molecule has 0 aliphatic heterocycles. The molecule has 0 radical (unpaired) electrons. The number of hydrogen-bond acceptors (Lipinski definition) is 4. The fraction of sp³-hybridized carbons (Fsp3) is 0.143. The first-order valence-electron chi connectivity index (χ1n) is 7.90. The normalized spacial score (nSPS) is 11.2. The zero-order valence-electron chi connectivity index (χ0n) is 14.4. The molecule has 0 spiro atoms. The summed E-state index contributed by atoms with van der Waals surface area (Å²) in [5.74, 6) is 0.794. The molecule has 0 saturated heterocycles. The maximum absolute atomic E-state index is 9.54. The molecular weight excluding hydrogens is 328 g/mol. The second-order valence-electron chi connectivity index (χ2n) is 5.80. The summed E-state index contributed by atoms with van der Waals surface area (Å²) in [7, 11) is 1.63. The largest absolute Gasteiger partial charge is 0.497 e. The van der Waals surface area contributed by atoms with Crippen LogP contribution in [0.3, 0.4) is 0 Å². The van der Waals surface area contributed by atoms with E-state index in [9.17, 15) is 5.26 Å². The molecule has 0 saturated carbocycles. The number of aryl methyl sites for hydroxylation is 2. The molecule has 3 rings (SSSR count). The first kappa shape index (κ1) is 16.9. The molecule has 0 fully saturated rings. The first-order valence-corrected chi connectivity index (χ1v) is 8.78. The van der Waals surface area contributed by atoms with Crippen molar-refractivity contribution in [2.75, 3.05) is 7.11 Å². The topological polar surface area (TPSA) is 45.9 Å². The first-order chi connectivity index (χ1) is 12.1. The molecule has 25 heavy (non-hydrogen) atoms. The van der Waals surface area contributed by atoms with Gasteiger partial charge in [-0.3, -0.25) is 0 Å². The van der Waals surface area contributed by atoms with Gasteiger partial charge in [0.25, 0.3) is 0 Å². The molecular formula is C21H18N2OS. The molecule has 3 aromatic rings. The minimum atomic E-state index is 0.561. The summed E-state index contributed by atoms with van der Waals surface area (Å²) in [6.07, 6.45) is 1.85. The van der Waals surface area contributed by atoms with Crippen LogP contribution in [-0.4, -0.2) is 12.1 Å². The van der Waals surface area contributed by atoms with Crippen LogP contribution in [0, 0.1) is 25.2 Å². The van der Waals surface area contributed by atoms with Crippen LogP contribution < -0.4 is 4.74 Å². The van der Waals surface area contributed by atoms with Gasteiger partial charge in [-0.2, -0.15) is 5.26 Å². The highest BCUT2D eigenvalue weighted by Crippen LogP contribution is 2.29. The lowest BCUT2D eigenvalue weighted by Gasteiger charge is -2.03. The van der Waals surface area contributed by atoms with Crippen molar-refractivity contribution in [3.05, 3.63) is 69.5 Å². The standard InChI is InChI=1S/C21H18N2OS/c1-14-4-9-19(15(2)10-14)20-13-25-21(23-20)17(12-22)11-16-5-7-18(24-3)8-6-16/h4-11,13H,1-3H3/b17-11+. The molecule has 0 bridgehead atoms. The maximum Gasteiger partial charge on any atom is 0.134 e. The second kappa shape index (κ2) is 7.33. The monoisotopic (exact) mass is 346 g/mol. The summed E-state index contributed by atoms with van der Waals surface area (Å²) in [4.78, 5) is 4.68. The number of hydrogen-bond donors (Lipinski definition) is 0. The van der Waals surface area contributed by atoms with Gasteiger partial charge in [0, 0.05) is 10.9 Å². The predicted octanol–water partition coefficient (Wildman–Crippen LogP) is 5.50. The molecule has 1 heterocycles. The van der Waals surface area contributed by atoms with E-state index in [1.165, 1.54) is 22.5 Å². The third-order valence-corrected chi connectivity index (χ3v) is 4.82. The molecule has 0 N–H and O–H groups in total. The highest BCUT2D eigenvalue weighted by atomic mass is 32.1. The van der Waals surface area contributed by atoms with Crippen LogP contribution in [0.25, 0.3) is 22.9 Å². The van der Waals surface area contributed by atoms with Gasteiger partial charge in [0.1, 0.15) is 16.8 Å². The summed E-state index contributed by atoms with van der Waals surface area (Å²) in [5, 5.41) is 12.3. The Balaban J connectivity index is 1.93. The van der Waals surface area contributed by atoms with Crippen molar-refractivity contribution >= 4 is 23.0 Å². The van der Waals surface area contributed by atoms with Crippen molar-refractivity contribution in [1.82, 2.24) is 4.98 Å². The Morgan fingerprint density at radius 2 is 1.92 bits per heavy atom. The number of ether oxygens (including phenoxy) is 1. The second-order valence-corrected chi connectivity index (χ2v) is 6.66. The van der Waals surface area contributed by atoms with E-state index in [4.69, 9.17) is 4.74 Å². The smallest absolute Gasteiger partial charge is 0.134 e. The number of allylic oxidation sites excluding steroid dienone is 1. The van der Waals surface area contributed by atoms with Gasteiger partial charge in [0.05, 0.1) is 18.4 Å². The fourth-order valence-corrected chi connectivity index (χ4v) is 3.42. The van der Waals surface area contributed by atoms with E-state index in [-0.39, 0.29) is 0 Å². The van der Waals surface area contributed by atoms with E-state index >= 15 is 0 Å². The van der Waals surface area contributed by atoms with Crippen molar-refractivity contribution in [2.24, 2.45) is 0 Å². The lowest BCUT2D eigenvalue weighted by Crippen LogP contribution is -1.87. The van der Waals surface area contributed by atoms with Gasteiger partial charge in [-0.05, 0) is 43.2 Å².